The predicted octanol–water partition coefficient (Wildman–Crippen LogP) is 3.62. The number of aromatic nitrogens is 5. The van der Waals surface area contributed by atoms with Crippen molar-refractivity contribution in [2.45, 2.75) is 25.0 Å². The first-order valence-electron chi connectivity index (χ1n) is 11.9. The number of anilines is 5. The van der Waals surface area contributed by atoms with Gasteiger partial charge in [-0.25, -0.2) is 28.4 Å². The summed E-state index contributed by atoms with van der Waals surface area (Å²) < 4.78 is 28.0. The maximum absolute atomic E-state index is 12.6. The summed E-state index contributed by atoms with van der Waals surface area (Å²) in [6.45, 7) is 3.34. The Bertz CT molecular complexity index is 1470. The fourth-order valence-corrected chi connectivity index (χ4v) is 5.43. The first-order valence-corrected chi connectivity index (χ1v) is 13.5. The van der Waals surface area contributed by atoms with Gasteiger partial charge in [-0.3, -0.25) is 4.72 Å². The van der Waals surface area contributed by atoms with Crippen molar-refractivity contribution in [1.29, 1.82) is 0 Å². The molecule has 12 heteroatoms. The number of nitrogens with one attached hydrogen (secondary N) is 4. The van der Waals surface area contributed by atoms with Gasteiger partial charge in [-0.1, -0.05) is 6.07 Å². The van der Waals surface area contributed by atoms with Gasteiger partial charge in [-0.15, -0.1) is 0 Å². The van der Waals surface area contributed by atoms with Crippen molar-refractivity contribution in [3.63, 3.8) is 0 Å². The number of hydrogen-bond donors (Lipinski definition) is 4. The minimum absolute atomic E-state index is 0.377. The molecule has 0 spiro atoms. The number of nitrogens with zero attached hydrogens (tertiary/aromatic N) is 5. The maximum Gasteiger partial charge on any atom is 0.235 e. The van der Waals surface area contributed by atoms with Crippen molar-refractivity contribution in [3.05, 3.63) is 72.7 Å². The highest BCUT2D eigenvalue weighted by molar-refractivity contribution is 7.93. The lowest BCUT2D eigenvalue weighted by molar-refractivity contribution is 0.499. The van der Waals surface area contributed by atoms with E-state index in [0.29, 0.717) is 60.7 Å². The van der Waals surface area contributed by atoms with Crippen molar-refractivity contribution in [2.75, 3.05) is 28.4 Å². The zero-order valence-electron chi connectivity index (χ0n) is 20.2. The van der Waals surface area contributed by atoms with Crippen LogP contribution < -0.4 is 20.7 Å². The van der Waals surface area contributed by atoms with Crippen LogP contribution in [-0.4, -0.2) is 51.7 Å². The van der Waals surface area contributed by atoms with E-state index in [-0.39, 0.29) is 5.25 Å². The van der Waals surface area contributed by atoms with E-state index in [9.17, 15) is 8.42 Å². The smallest absolute Gasteiger partial charge is 0.235 e. The van der Waals surface area contributed by atoms with Gasteiger partial charge in [0.2, 0.25) is 16.0 Å². The first-order chi connectivity index (χ1) is 17.9. The fourth-order valence-electron chi connectivity index (χ4n) is 3.94. The lowest BCUT2D eigenvalue weighted by Crippen LogP contribution is -2.38. The van der Waals surface area contributed by atoms with E-state index in [1.54, 1.807) is 48.8 Å². The van der Waals surface area contributed by atoms with Crippen LogP contribution in [0.5, 0.6) is 0 Å². The van der Waals surface area contributed by atoms with Crippen LogP contribution in [0.1, 0.15) is 18.5 Å². The van der Waals surface area contributed by atoms with Crippen molar-refractivity contribution >= 4 is 39.0 Å². The molecule has 11 nitrogen and oxygen atoms in total. The second-order valence-electron chi connectivity index (χ2n) is 8.62. The van der Waals surface area contributed by atoms with Crippen molar-refractivity contribution in [2.24, 2.45) is 0 Å². The molecule has 0 saturated carbocycles. The molecule has 37 heavy (non-hydrogen) atoms. The summed E-state index contributed by atoms with van der Waals surface area (Å²) in [5.74, 6) is 2.01. The molecular weight excluding hydrogens is 490 g/mol. The molecule has 1 saturated heterocycles. The van der Waals surface area contributed by atoms with Gasteiger partial charge in [0, 0.05) is 29.5 Å². The molecule has 4 N–H and O–H groups in total. The zero-order valence-corrected chi connectivity index (χ0v) is 21.0. The Balaban J connectivity index is 1.24. The Labute approximate surface area is 215 Å². The van der Waals surface area contributed by atoms with Crippen LogP contribution in [-0.2, 0) is 10.0 Å². The molecule has 4 heterocycles. The Hall–Kier alpha value is -4.16. The Kier molecular flexibility index (Phi) is 7.19. The normalized spacial score (nSPS) is 14.2. The highest BCUT2D eigenvalue weighted by Gasteiger charge is 2.27. The summed E-state index contributed by atoms with van der Waals surface area (Å²) >= 11 is 0. The number of sulfonamides is 1. The minimum atomic E-state index is -3.42. The molecule has 4 aromatic rings. The molecule has 1 aliphatic heterocycles. The van der Waals surface area contributed by atoms with Crippen LogP contribution in [0.2, 0.25) is 0 Å². The Morgan fingerprint density at radius 1 is 0.811 bits per heavy atom. The van der Waals surface area contributed by atoms with Crippen LogP contribution in [0, 0.1) is 6.92 Å². The summed E-state index contributed by atoms with van der Waals surface area (Å²) in [5, 5.41) is 9.11. The van der Waals surface area contributed by atoms with Gasteiger partial charge >= 0.3 is 0 Å². The second-order valence-corrected chi connectivity index (χ2v) is 10.6. The van der Waals surface area contributed by atoms with Gasteiger partial charge in [0.15, 0.2) is 5.82 Å². The average molecular weight is 518 g/mol. The van der Waals surface area contributed by atoms with Gasteiger partial charge in [0.1, 0.15) is 17.3 Å². The topological polar surface area (TPSA) is 147 Å². The predicted molar refractivity (Wildman–Crippen MR) is 143 cm³/mol. The number of piperidine rings is 1. The molecule has 190 valence electrons. The highest BCUT2D eigenvalue weighted by Crippen LogP contribution is 2.22. The van der Waals surface area contributed by atoms with Crippen LogP contribution >= 0.6 is 0 Å². The first kappa shape index (κ1) is 24.5. The molecule has 1 fully saturated rings. The van der Waals surface area contributed by atoms with E-state index in [4.69, 9.17) is 0 Å². The van der Waals surface area contributed by atoms with Gasteiger partial charge in [-0.2, -0.15) is 4.98 Å². The van der Waals surface area contributed by atoms with Crippen LogP contribution in [0.4, 0.5) is 29.0 Å². The molecule has 0 radical (unpaired) electrons. The van der Waals surface area contributed by atoms with Crippen molar-refractivity contribution in [1.82, 2.24) is 30.2 Å². The van der Waals surface area contributed by atoms with Crippen LogP contribution in [0.25, 0.3) is 11.5 Å². The average Bonchev–Trinajstić information content (AvgIpc) is 2.91. The molecule has 0 amide bonds. The molecule has 1 aromatic carbocycles. The molecule has 0 bridgehead atoms. The lowest BCUT2D eigenvalue weighted by atomic mass is 10.2. The number of benzene rings is 1. The lowest BCUT2D eigenvalue weighted by Gasteiger charge is -2.23. The van der Waals surface area contributed by atoms with Crippen LogP contribution in [0.3, 0.4) is 0 Å². The van der Waals surface area contributed by atoms with E-state index in [1.165, 1.54) is 0 Å². The second kappa shape index (κ2) is 10.8. The summed E-state index contributed by atoms with van der Waals surface area (Å²) in [5.41, 5.74) is 2.81. The molecule has 1 aliphatic rings. The van der Waals surface area contributed by atoms with Gasteiger partial charge in [0.25, 0.3) is 0 Å². The fraction of sp³-hybridized carbons (Fsp3) is 0.240. The summed E-state index contributed by atoms with van der Waals surface area (Å²) in [6.07, 6.45) is 4.51. The van der Waals surface area contributed by atoms with Crippen molar-refractivity contribution < 1.29 is 8.42 Å². The minimum Gasteiger partial charge on any atom is -0.325 e. The van der Waals surface area contributed by atoms with Gasteiger partial charge < -0.3 is 16.0 Å². The number of rotatable bonds is 8. The summed E-state index contributed by atoms with van der Waals surface area (Å²) in [7, 11) is -3.42. The van der Waals surface area contributed by atoms with Gasteiger partial charge in [0.05, 0.1) is 5.25 Å². The van der Waals surface area contributed by atoms with Gasteiger partial charge in [-0.05, 0) is 81.4 Å². The quantitative estimate of drug-likeness (QED) is 0.273. The highest BCUT2D eigenvalue weighted by atomic mass is 32.2. The van der Waals surface area contributed by atoms with E-state index in [1.807, 2.05) is 25.1 Å². The summed E-state index contributed by atoms with van der Waals surface area (Å²) in [6, 6.07) is 16.2. The largest absolute Gasteiger partial charge is 0.325 e. The third-order valence-corrected chi connectivity index (χ3v) is 7.68. The number of hydrogen-bond acceptors (Lipinski definition) is 10. The number of pyridine rings is 1. The standard InChI is InChI=1S/C25H27N9O2S/c1-17-3-2-4-21(29-17)24-27-15-11-22(32-24)31-23-12-16-28-25(33-23)30-18-5-7-19(8-6-18)34-37(35,36)20-9-13-26-14-10-20/h2-8,11-12,15-16,20,26,34H,9-10,13-14H2,1H3,(H2,27,28,30,31,32,33). The molecule has 5 rings (SSSR count). The third-order valence-electron chi connectivity index (χ3n) is 5.81. The monoisotopic (exact) mass is 517 g/mol. The molecule has 0 aliphatic carbocycles. The van der Waals surface area contributed by atoms with E-state index >= 15 is 0 Å². The molecule has 0 atom stereocenters. The van der Waals surface area contributed by atoms with Crippen LogP contribution in [0.15, 0.2) is 67.0 Å². The maximum atomic E-state index is 12.6. The Morgan fingerprint density at radius 2 is 1.51 bits per heavy atom. The van der Waals surface area contributed by atoms with E-state index < -0.39 is 10.0 Å². The Morgan fingerprint density at radius 3 is 2.27 bits per heavy atom. The van der Waals surface area contributed by atoms with E-state index in [2.05, 4.69) is 45.6 Å². The molecule has 3 aromatic heterocycles. The SMILES string of the molecule is Cc1cccc(-c2nccc(Nc3ccnc(Nc4ccc(NS(=O)(=O)C5CCNCC5)cc4)n3)n2)n1. The summed E-state index contributed by atoms with van der Waals surface area (Å²) in [4.78, 5) is 22.1. The molecule has 0 unspecified atom stereocenters. The number of aryl methyl sites for hydroxylation is 1. The van der Waals surface area contributed by atoms with E-state index in [0.717, 1.165) is 11.4 Å². The zero-order chi connectivity index (χ0) is 25.7. The van der Waals surface area contributed by atoms with Crippen molar-refractivity contribution in [3.8, 4) is 11.5 Å². The third kappa shape index (κ3) is 6.35. The molecular formula is C25H27N9O2S.